The van der Waals surface area contributed by atoms with Gasteiger partial charge in [0.2, 0.25) is 5.78 Å². The average Bonchev–Trinajstić information content (AvgIpc) is 2.96. The number of aliphatic hydroxyl groups is 2. The van der Waals surface area contributed by atoms with E-state index < -0.39 is 36.3 Å². The van der Waals surface area contributed by atoms with Crippen LogP contribution in [0, 0.1) is 0 Å². The first kappa shape index (κ1) is 17.0. The van der Waals surface area contributed by atoms with Gasteiger partial charge in [-0.2, -0.15) is 0 Å². The molecule has 3 rings (SSSR count). The van der Waals surface area contributed by atoms with Crippen LogP contribution in [-0.2, 0) is 14.3 Å². The fourth-order valence-corrected chi connectivity index (χ4v) is 3.84. The third-order valence-electron chi connectivity index (χ3n) is 5.12. The van der Waals surface area contributed by atoms with Crippen molar-refractivity contribution in [3.63, 3.8) is 0 Å². The molecule has 0 aromatic carbocycles. The van der Waals surface area contributed by atoms with E-state index in [1.165, 1.54) is 0 Å². The summed E-state index contributed by atoms with van der Waals surface area (Å²) in [5.41, 5.74) is 0.932. The Morgan fingerprint density at radius 2 is 2.17 bits per heavy atom. The van der Waals surface area contributed by atoms with Crippen molar-refractivity contribution in [1.29, 1.82) is 0 Å². The van der Waals surface area contributed by atoms with Crippen LogP contribution in [0.2, 0.25) is 0 Å². The molecule has 0 spiro atoms. The third kappa shape index (κ3) is 2.61. The number of likely N-dealkylation sites (tertiary alicyclic amines) is 1. The minimum atomic E-state index is -1.77. The predicted octanol–water partition coefficient (Wildman–Crippen LogP) is -0.536. The normalized spacial score (nSPS) is 39.8. The van der Waals surface area contributed by atoms with Gasteiger partial charge in [0, 0.05) is 30.8 Å². The number of carbonyl (C=O) groups is 2. The van der Waals surface area contributed by atoms with Crippen molar-refractivity contribution < 1.29 is 34.1 Å². The molecule has 24 heavy (non-hydrogen) atoms. The molecule has 2 aliphatic heterocycles. The number of aromatic nitrogens is 1. The van der Waals surface area contributed by atoms with Gasteiger partial charge in [-0.1, -0.05) is 6.07 Å². The van der Waals surface area contributed by atoms with Gasteiger partial charge in [0.1, 0.15) is 12.1 Å². The van der Waals surface area contributed by atoms with Gasteiger partial charge >= 0.3 is 5.97 Å². The first-order chi connectivity index (χ1) is 11.4. The summed E-state index contributed by atoms with van der Waals surface area (Å²) in [5.74, 6) is -2.08. The summed E-state index contributed by atoms with van der Waals surface area (Å²) in [7, 11) is 1.82. The van der Waals surface area contributed by atoms with Crippen molar-refractivity contribution in [2.45, 2.75) is 43.4 Å². The second-order valence-electron chi connectivity index (χ2n) is 6.60. The maximum absolute atomic E-state index is 12.5. The van der Waals surface area contributed by atoms with Gasteiger partial charge in [-0.25, -0.2) is 4.79 Å². The SMILES string of the molecule is C[N+]1(C2OC(C(=O)O)C(O)C(O)C2=O)CCCC1c1cccnc1. The van der Waals surface area contributed by atoms with Gasteiger partial charge in [0.25, 0.3) is 6.23 Å². The number of carboxylic acids is 1. The lowest BCUT2D eigenvalue weighted by Gasteiger charge is -2.45. The molecule has 3 heterocycles. The molecule has 2 aliphatic rings. The van der Waals surface area contributed by atoms with Crippen LogP contribution in [0.1, 0.15) is 24.4 Å². The van der Waals surface area contributed by atoms with E-state index >= 15 is 0 Å². The molecule has 2 saturated heterocycles. The van der Waals surface area contributed by atoms with Crippen LogP contribution >= 0.6 is 0 Å². The zero-order valence-electron chi connectivity index (χ0n) is 13.3. The van der Waals surface area contributed by atoms with Crippen LogP contribution in [0.5, 0.6) is 0 Å². The molecule has 0 amide bonds. The van der Waals surface area contributed by atoms with Crippen LogP contribution in [-0.4, -0.2) is 74.7 Å². The van der Waals surface area contributed by atoms with Gasteiger partial charge < -0.3 is 20.1 Å². The molecule has 0 bridgehead atoms. The van der Waals surface area contributed by atoms with Crippen molar-refractivity contribution in [3.8, 4) is 0 Å². The molecular weight excluding hydrogens is 316 g/mol. The number of quaternary nitrogens is 1. The molecule has 0 radical (unpaired) electrons. The van der Waals surface area contributed by atoms with Crippen molar-refractivity contribution >= 4 is 11.8 Å². The molecule has 8 heteroatoms. The predicted molar refractivity (Wildman–Crippen MR) is 80.6 cm³/mol. The van der Waals surface area contributed by atoms with Crippen LogP contribution in [0.4, 0.5) is 0 Å². The highest BCUT2D eigenvalue weighted by Crippen LogP contribution is 2.42. The molecule has 3 N–H and O–H groups in total. The molecule has 1 aromatic heterocycles. The number of carboxylic acid groups (broad SMARTS) is 1. The number of nitrogens with zero attached hydrogens (tertiary/aromatic N) is 2. The highest BCUT2D eigenvalue weighted by Gasteiger charge is 2.57. The largest absolute Gasteiger partial charge is 0.479 e. The Labute approximate surface area is 138 Å². The number of ketones is 1. The maximum atomic E-state index is 12.5. The molecule has 0 aliphatic carbocycles. The molecule has 6 atom stereocenters. The lowest BCUT2D eigenvalue weighted by molar-refractivity contribution is -0.962. The lowest BCUT2D eigenvalue weighted by Crippen LogP contribution is -2.67. The maximum Gasteiger partial charge on any atom is 0.335 e. The zero-order valence-corrected chi connectivity index (χ0v) is 13.3. The third-order valence-corrected chi connectivity index (χ3v) is 5.12. The van der Waals surface area contributed by atoms with E-state index in [0.717, 1.165) is 18.4 Å². The van der Waals surface area contributed by atoms with Crippen molar-refractivity contribution in [2.24, 2.45) is 0 Å². The summed E-state index contributed by atoms with van der Waals surface area (Å²) in [6.45, 7) is 0.602. The number of carbonyl (C=O) groups excluding carboxylic acids is 1. The second kappa shape index (κ2) is 6.21. The number of hydrogen-bond acceptors (Lipinski definition) is 6. The molecule has 1 aromatic rings. The Balaban J connectivity index is 1.95. The number of aliphatic carboxylic acids is 1. The van der Waals surface area contributed by atoms with Crippen LogP contribution in [0.15, 0.2) is 24.5 Å². The van der Waals surface area contributed by atoms with Crippen molar-refractivity contribution in [1.82, 2.24) is 4.98 Å². The molecule has 2 fully saturated rings. The first-order valence-corrected chi connectivity index (χ1v) is 7.89. The lowest BCUT2D eigenvalue weighted by atomic mass is 9.96. The van der Waals surface area contributed by atoms with E-state index in [1.807, 2.05) is 13.1 Å². The average molecular weight is 337 g/mol. The van der Waals surface area contributed by atoms with Crippen molar-refractivity contribution in [3.05, 3.63) is 30.1 Å². The Morgan fingerprint density at radius 1 is 1.42 bits per heavy atom. The summed E-state index contributed by atoms with van der Waals surface area (Å²) in [6.07, 6.45) is -1.30. The Kier molecular flexibility index (Phi) is 4.39. The molecule has 130 valence electrons. The van der Waals surface area contributed by atoms with E-state index in [0.29, 0.717) is 6.54 Å². The number of pyridine rings is 1. The van der Waals surface area contributed by atoms with E-state index in [1.54, 1.807) is 18.5 Å². The first-order valence-electron chi connectivity index (χ1n) is 7.89. The summed E-state index contributed by atoms with van der Waals surface area (Å²) >= 11 is 0. The number of likely N-dealkylation sites (N-methyl/N-ethyl adjacent to an activating group) is 1. The molecule has 0 saturated carbocycles. The van der Waals surface area contributed by atoms with Crippen LogP contribution in [0.25, 0.3) is 0 Å². The Hall–Kier alpha value is -1.87. The van der Waals surface area contributed by atoms with Crippen LogP contribution < -0.4 is 0 Å². The number of rotatable bonds is 3. The second-order valence-corrected chi connectivity index (χ2v) is 6.60. The Morgan fingerprint density at radius 3 is 2.79 bits per heavy atom. The fourth-order valence-electron chi connectivity index (χ4n) is 3.84. The van der Waals surface area contributed by atoms with Gasteiger partial charge in [-0.15, -0.1) is 0 Å². The van der Waals surface area contributed by atoms with Gasteiger partial charge in [0.05, 0.1) is 13.6 Å². The minimum Gasteiger partial charge on any atom is -0.479 e. The number of Topliss-reactive ketones (excluding diaryl/α,β-unsaturated/α-hetero) is 1. The number of aliphatic hydroxyl groups excluding tert-OH is 2. The van der Waals surface area contributed by atoms with Crippen LogP contribution in [0.3, 0.4) is 0 Å². The van der Waals surface area contributed by atoms with Crippen molar-refractivity contribution in [2.75, 3.05) is 13.6 Å². The van der Waals surface area contributed by atoms with Gasteiger partial charge in [-0.3, -0.25) is 14.3 Å². The molecule has 6 unspecified atom stereocenters. The summed E-state index contributed by atoms with van der Waals surface area (Å²) in [5, 5.41) is 29.0. The monoisotopic (exact) mass is 337 g/mol. The zero-order chi connectivity index (χ0) is 17.5. The summed E-state index contributed by atoms with van der Waals surface area (Å²) in [6, 6.07) is 3.62. The quantitative estimate of drug-likeness (QED) is 0.634. The smallest absolute Gasteiger partial charge is 0.335 e. The van der Waals surface area contributed by atoms with E-state index in [2.05, 4.69) is 4.98 Å². The van der Waals surface area contributed by atoms with E-state index in [-0.39, 0.29) is 10.5 Å². The highest BCUT2D eigenvalue weighted by atomic mass is 16.6. The Bertz CT molecular complexity index is 639. The molecular formula is C16H21N2O6+. The fraction of sp³-hybridized carbons (Fsp3) is 0.562. The molecule has 8 nitrogen and oxygen atoms in total. The minimum absolute atomic E-state index is 0.0930. The topological polar surface area (TPSA) is 117 Å². The van der Waals surface area contributed by atoms with E-state index in [9.17, 15) is 24.9 Å². The standard InChI is InChI=1S/C16H20N2O6/c1-18(7-3-5-10(18)9-4-2-6-17-8-9)15-13(21)11(19)12(20)14(24-15)16(22)23/h2,4,6,8,10-12,14-15,19-20H,3,5,7H2,1H3/p+1. The van der Waals surface area contributed by atoms with E-state index in [4.69, 9.17) is 4.74 Å². The van der Waals surface area contributed by atoms with Gasteiger partial charge in [0.15, 0.2) is 12.2 Å². The summed E-state index contributed by atoms with van der Waals surface area (Å²) in [4.78, 5) is 27.9. The highest BCUT2D eigenvalue weighted by molar-refractivity contribution is 5.89. The number of hydrogen-bond donors (Lipinski definition) is 3. The van der Waals surface area contributed by atoms with Gasteiger partial charge in [-0.05, 0) is 6.07 Å². The summed E-state index contributed by atoms with van der Waals surface area (Å²) < 4.78 is 5.61. The number of ether oxygens (including phenoxy) is 1.